The molecule has 2 heterocycles. The first-order chi connectivity index (χ1) is 8.68. The topological polar surface area (TPSA) is 77.1 Å². The van der Waals surface area contributed by atoms with Gasteiger partial charge in [0.25, 0.3) is 5.91 Å². The summed E-state index contributed by atoms with van der Waals surface area (Å²) < 4.78 is 1.94. The van der Waals surface area contributed by atoms with E-state index < -0.39 is 5.91 Å². The van der Waals surface area contributed by atoms with E-state index in [4.69, 9.17) is 5.73 Å². The lowest BCUT2D eigenvalue weighted by atomic mass is 10.1. The Kier molecular flexibility index (Phi) is 2.41. The molecule has 1 aromatic carbocycles. The maximum atomic E-state index is 12.2. The van der Waals surface area contributed by atoms with Gasteiger partial charge in [-0.3, -0.25) is 9.59 Å². The number of para-hydroxylation sites is 1. The third kappa shape index (κ3) is 1.52. The largest absolute Gasteiger partial charge is 0.365 e. The summed E-state index contributed by atoms with van der Waals surface area (Å²) in [4.78, 5) is 23.5. The van der Waals surface area contributed by atoms with Crippen molar-refractivity contribution < 1.29 is 4.79 Å². The molecule has 92 valence electrons. The van der Waals surface area contributed by atoms with Crippen LogP contribution in [0.3, 0.4) is 0 Å². The number of nitrogens with one attached hydrogen (secondary N) is 1. The van der Waals surface area contributed by atoms with Crippen molar-refractivity contribution in [2.24, 2.45) is 5.73 Å². The highest BCUT2D eigenvalue weighted by atomic mass is 16.2. The highest BCUT2D eigenvalue weighted by Gasteiger charge is 2.16. The van der Waals surface area contributed by atoms with Gasteiger partial charge in [0.2, 0.25) is 5.43 Å². The molecule has 2 aromatic rings. The van der Waals surface area contributed by atoms with Gasteiger partial charge in [-0.2, -0.15) is 0 Å². The number of primary amides is 1. The van der Waals surface area contributed by atoms with Gasteiger partial charge in [0.05, 0.1) is 5.52 Å². The van der Waals surface area contributed by atoms with Crippen molar-refractivity contribution in [1.82, 2.24) is 9.88 Å². The Balaban J connectivity index is 2.47. The second-order valence-corrected chi connectivity index (χ2v) is 4.42. The minimum Gasteiger partial charge on any atom is -0.365 e. The molecule has 0 saturated heterocycles. The van der Waals surface area contributed by atoms with Gasteiger partial charge in [0.1, 0.15) is 5.56 Å². The van der Waals surface area contributed by atoms with Gasteiger partial charge < -0.3 is 15.6 Å². The zero-order chi connectivity index (χ0) is 12.7. The van der Waals surface area contributed by atoms with Crippen LogP contribution in [-0.4, -0.2) is 17.0 Å². The Morgan fingerprint density at radius 2 is 2.22 bits per heavy atom. The minimum absolute atomic E-state index is 0.0570. The second kappa shape index (κ2) is 3.96. The standard InChI is InChI=1S/C13H13N3O2/c14-13(18)10-7-16-5-4-15-6-8-2-1-3-9(11(8)16)12(10)17/h1-3,7,15H,4-6H2,(H2,14,18). The summed E-state index contributed by atoms with van der Waals surface area (Å²) in [7, 11) is 0. The number of pyridine rings is 1. The summed E-state index contributed by atoms with van der Waals surface area (Å²) in [6.45, 7) is 2.24. The fourth-order valence-corrected chi connectivity index (χ4v) is 2.45. The van der Waals surface area contributed by atoms with Gasteiger partial charge in [0, 0.05) is 31.2 Å². The number of rotatable bonds is 1. The average Bonchev–Trinajstić information content (AvgIpc) is 2.56. The van der Waals surface area contributed by atoms with Crippen molar-refractivity contribution in [3.8, 4) is 0 Å². The minimum atomic E-state index is -0.673. The number of nitrogens with two attached hydrogens (primary N) is 1. The molecule has 0 fully saturated rings. The van der Waals surface area contributed by atoms with E-state index in [2.05, 4.69) is 5.32 Å². The smallest absolute Gasteiger partial charge is 0.254 e. The van der Waals surface area contributed by atoms with E-state index in [9.17, 15) is 9.59 Å². The van der Waals surface area contributed by atoms with Crippen LogP contribution in [0.4, 0.5) is 0 Å². The van der Waals surface area contributed by atoms with Crippen molar-refractivity contribution in [3.05, 3.63) is 45.7 Å². The van der Waals surface area contributed by atoms with Crippen molar-refractivity contribution >= 4 is 16.8 Å². The molecule has 3 N–H and O–H groups in total. The Morgan fingerprint density at radius 1 is 1.39 bits per heavy atom. The third-order valence-corrected chi connectivity index (χ3v) is 3.29. The molecular formula is C13H13N3O2. The van der Waals surface area contributed by atoms with Gasteiger partial charge in [-0.15, -0.1) is 0 Å². The summed E-state index contributed by atoms with van der Waals surface area (Å²) >= 11 is 0. The van der Waals surface area contributed by atoms with Crippen LogP contribution in [0.5, 0.6) is 0 Å². The van der Waals surface area contributed by atoms with Gasteiger partial charge in [-0.1, -0.05) is 12.1 Å². The predicted octanol–water partition coefficient (Wildman–Crippen LogP) is 0.204. The van der Waals surface area contributed by atoms with Crippen LogP contribution in [0.1, 0.15) is 15.9 Å². The lowest BCUT2D eigenvalue weighted by Gasteiger charge is -2.11. The summed E-state index contributed by atoms with van der Waals surface area (Å²) in [6.07, 6.45) is 1.57. The number of hydrogen-bond acceptors (Lipinski definition) is 3. The Morgan fingerprint density at radius 3 is 3.00 bits per heavy atom. The van der Waals surface area contributed by atoms with Crippen LogP contribution in [0.15, 0.2) is 29.2 Å². The highest BCUT2D eigenvalue weighted by Crippen LogP contribution is 2.18. The summed E-state index contributed by atoms with van der Waals surface area (Å²) in [6, 6.07) is 5.57. The van der Waals surface area contributed by atoms with Crippen LogP contribution < -0.4 is 16.5 Å². The maximum Gasteiger partial charge on any atom is 0.254 e. The summed E-state index contributed by atoms with van der Waals surface area (Å²) in [5, 5.41) is 3.85. The van der Waals surface area contributed by atoms with Crippen molar-refractivity contribution in [2.75, 3.05) is 6.54 Å². The number of carbonyl (C=O) groups is 1. The second-order valence-electron chi connectivity index (χ2n) is 4.42. The molecule has 5 nitrogen and oxygen atoms in total. The molecule has 18 heavy (non-hydrogen) atoms. The first-order valence-electron chi connectivity index (χ1n) is 5.84. The van der Waals surface area contributed by atoms with E-state index in [0.29, 0.717) is 11.9 Å². The predicted molar refractivity (Wildman–Crippen MR) is 68.4 cm³/mol. The molecular weight excluding hydrogens is 230 g/mol. The van der Waals surface area contributed by atoms with Crippen LogP contribution in [0, 0.1) is 0 Å². The molecule has 5 heteroatoms. The van der Waals surface area contributed by atoms with Crippen molar-refractivity contribution in [3.63, 3.8) is 0 Å². The fraction of sp³-hybridized carbons (Fsp3) is 0.231. The van der Waals surface area contributed by atoms with Crippen LogP contribution >= 0.6 is 0 Å². The van der Waals surface area contributed by atoms with Crippen LogP contribution in [0.2, 0.25) is 0 Å². The molecule has 1 aromatic heterocycles. The molecule has 0 unspecified atom stereocenters. The number of hydrogen-bond donors (Lipinski definition) is 2. The van der Waals surface area contributed by atoms with Gasteiger partial charge >= 0.3 is 0 Å². The highest BCUT2D eigenvalue weighted by molar-refractivity contribution is 5.96. The molecule has 1 aliphatic rings. The molecule has 1 aliphatic heterocycles. The average molecular weight is 243 g/mol. The fourth-order valence-electron chi connectivity index (χ4n) is 2.45. The molecule has 0 radical (unpaired) electrons. The van der Waals surface area contributed by atoms with E-state index in [1.54, 1.807) is 12.3 Å². The number of nitrogens with zero attached hydrogens (tertiary/aromatic N) is 1. The Labute approximate surface area is 103 Å². The Bertz CT molecular complexity index is 703. The molecule has 0 aliphatic carbocycles. The quantitative estimate of drug-likeness (QED) is 0.751. The monoisotopic (exact) mass is 243 g/mol. The number of carbonyl (C=O) groups excluding carboxylic acids is 1. The first kappa shape index (κ1) is 11.0. The van der Waals surface area contributed by atoms with Gasteiger partial charge in [-0.05, 0) is 11.6 Å². The number of amides is 1. The van der Waals surface area contributed by atoms with E-state index in [-0.39, 0.29) is 11.0 Å². The molecule has 0 saturated carbocycles. The van der Waals surface area contributed by atoms with E-state index in [1.165, 1.54) is 0 Å². The van der Waals surface area contributed by atoms with Crippen molar-refractivity contribution in [1.29, 1.82) is 0 Å². The summed E-state index contributed by atoms with van der Waals surface area (Å²) in [5.74, 6) is -0.673. The van der Waals surface area contributed by atoms with Crippen LogP contribution in [0.25, 0.3) is 10.9 Å². The van der Waals surface area contributed by atoms with E-state index >= 15 is 0 Å². The zero-order valence-electron chi connectivity index (χ0n) is 9.77. The number of benzene rings is 1. The van der Waals surface area contributed by atoms with Crippen molar-refractivity contribution in [2.45, 2.75) is 13.1 Å². The molecule has 0 bridgehead atoms. The lowest BCUT2D eigenvalue weighted by Crippen LogP contribution is -2.24. The maximum absolute atomic E-state index is 12.2. The zero-order valence-corrected chi connectivity index (χ0v) is 9.77. The van der Waals surface area contributed by atoms with Gasteiger partial charge in [-0.25, -0.2) is 0 Å². The van der Waals surface area contributed by atoms with Gasteiger partial charge in [0.15, 0.2) is 0 Å². The SMILES string of the molecule is NC(=O)c1cn2c3c(cccc3c1=O)CNCC2. The summed E-state index contributed by atoms with van der Waals surface area (Å²) in [5.41, 5.74) is 7.00. The van der Waals surface area contributed by atoms with E-state index in [0.717, 1.165) is 24.2 Å². The first-order valence-corrected chi connectivity index (χ1v) is 5.84. The van der Waals surface area contributed by atoms with Crippen LogP contribution in [-0.2, 0) is 13.1 Å². The molecule has 3 rings (SSSR count). The normalized spacial score (nSPS) is 14.4. The lowest BCUT2D eigenvalue weighted by molar-refractivity contribution is 0.0998. The third-order valence-electron chi connectivity index (χ3n) is 3.29. The molecule has 1 amide bonds. The van der Waals surface area contributed by atoms with E-state index in [1.807, 2.05) is 16.7 Å². The molecule has 0 spiro atoms. The number of aromatic nitrogens is 1. The molecule has 0 atom stereocenters. The Hall–Kier alpha value is -2.14.